The highest BCUT2D eigenvalue weighted by Crippen LogP contribution is 2.37. The van der Waals surface area contributed by atoms with E-state index in [9.17, 15) is 9.59 Å². The summed E-state index contributed by atoms with van der Waals surface area (Å²) in [7, 11) is 8.97. The van der Waals surface area contributed by atoms with Gasteiger partial charge in [0.25, 0.3) is 5.91 Å². The minimum Gasteiger partial charge on any atom is -0.494 e. The molecule has 2 aromatic heterocycles. The Morgan fingerprint density at radius 2 is 2.00 bits per heavy atom. The summed E-state index contributed by atoms with van der Waals surface area (Å²) in [5.41, 5.74) is 1.76. The average Bonchev–Trinajstić information content (AvgIpc) is 3.17. The third kappa shape index (κ3) is 4.69. The lowest BCUT2D eigenvalue weighted by Gasteiger charge is -2.29. The summed E-state index contributed by atoms with van der Waals surface area (Å²) in [5.74, 6) is 0.957. The third-order valence-electron chi connectivity index (χ3n) is 4.94. The van der Waals surface area contributed by atoms with Crippen LogP contribution in [0.15, 0.2) is 30.6 Å². The van der Waals surface area contributed by atoms with Crippen molar-refractivity contribution in [2.45, 2.75) is 11.7 Å². The molecule has 0 spiro atoms. The first-order valence-corrected chi connectivity index (χ1v) is 10.5. The van der Waals surface area contributed by atoms with Crippen LogP contribution in [0, 0.1) is 0 Å². The Kier molecular flexibility index (Phi) is 5.83. The van der Waals surface area contributed by atoms with Crippen LogP contribution in [0.1, 0.15) is 16.9 Å². The van der Waals surface area contributed by atoms with E-state index < -0.39 is 5.24 Å². The summed E-state index contributed by atoms with van der Waals surface area (Å²) < 4.78 is 7.27. The van der Waals surface area contributed by atoms with E-state index in [1.807, 2.05) is 41.7 Å². The number of benzene rings is 1. The quantitative estimate of drug-likeness (QED) is 0.317. The number of hydrogen-bond donors (Lipinski definition) is 2. The standard InChI is InChI=1S/C19H23B3N8O3/c1-29-9-23-17(28-29)10-4-3-5-11(16(10)33-2)24-12-8-13(30-7-6-14(30)31)26-27-15(12)18(32)25-19(20,21)22/h3-5,8-9H,6-7,20-22H2,1-2H3,(H,24,26)(H,25,32). The lowest BCUT2D eigenvalue weighted by molar-refractivity contribution is -0.122. The van der Waals surface area contributed by atoms with E-state index in [0.29, 0.717) is 47.3 Å². The average molecular weight is 444 g/mol. The fraction of sp³-hybridized carbons (Fsp3) is 0.263. The molecule has 14 heteroatoms. The van der Waals surface area contributed by atoms with Crippen LogP contribution in [-0.2, 0) is 11.8 Å². The maximum Gasteiger partial charge on any atom is 0.272 e. The van der Waals surface area contributed by atoms with E-state index in [4.69, 9.17) is 4.74 Å². The van der Waals surface area contributed by atoms with Gasteiger partial charge in [-0.05, 0) is 17.4 Å². The first kappa shape index (κ1) is 22.4. The van der Waals surface area contributed by atoms with Crippen LogP contribution in [0.25, 0.3) is 11.4 Å². The molecule has 0 aliphatic carbocycles. The van der Waals surface area contributed by atoms with E-state index in [-0.39, 0.29) is 17.5 Å². The SMILES string of the molecule is BC(B)(B)NC(=O)c1nnc(N2CCC2=O)cc1Nc1cccc(-c2ncn(C)n2)c1OC. The van der Waals surface area contributed by atoms with E-state index in [2.05, 4.69) is 30.9 Å². The molecule has 1 aliphatic rings. The van der Waals surface area contributed by atoms with Crippen molar-refractivity contribution in [3.8, 4) is 17.1 Å². The molecule has 33 heavy (non-hydrogen) atoms. The molecule has 0 atom stereocenters. The van der Waals surface area contributed by atoms with E-state index in [0.717, 1.165) is 0 Å². The Hall–Kier alpha value is -3.83. The molecule has 0 radical (unpaired) electrons. The Morgan fingerprint density at radius 3 is 2.58 bits per heavy atom. The van der Waals surface area contributed by atoms with Gasteiger partial charge in [-0.25, -0.2) is 4.98 Å². The zero-order valence-corrected chi connectivity index (χ0v) is 19.2. The molecule has 166 valence electrons. The van der Waals surface area contributed by atoms with E-state index in [1.54, 1.807) is 31.2 Å². The molecule has 0 unspecified atom stereocenters. The topological polar surface area (TPSA) is 127 Å². The van der Waals surface area contributed by atoms with Crippen LogP contribution in [-0.4, -0.2) is 79.2 Å². The van der Waals surface area contributed by atoms with Crippen LogP contribution in [0.5, 0.6) is 5.75 Å². The Labute approximate surface area is 193 Å². The molecule has 1 aliphatic heterocycles. The van der Waals surface area contributed by atoms with Gasteiger partial charge in [-0.2, -0.15) is 5.10 Å². The van der Waals surface area contributed by atoms with E-state index >= 15 is 0 Å². The summed E-state index contributed by atoms with van der Waals surface area (Å²) in [6, 6.07) is 7.14. The lowest BCUT2D eigenvalue weighted by atomic mass is 9.49. The van der Waals surface area contributed by atoms with Crippen molar-refractivity contribution < 1.29 is 14.3 Å². The van der Waals surface area contributed by atoms with Crippen LogP contribution < -0.4 is 20.3 Å². The summed E-state index contributed by atoms with van der Waals surface area (Å²) in [6.45, 7) is 0.560. The van der Waals surface area contributed by atoms with Gasteiger partial charge in [0.2, 0.25) is 5.91 Å². The van der Waals surface area contributed by atoms with Crippen molar-refractivity contribution in [1.82, 2.24) is 30.3 Å². The van der Waals surface area contributed by atoms with Crippen molar-refractivity contribution in [2.24, 2.45) is 7.05 Å². The maximum atomic E-state index is 13.0. The number of nitrogens with zero attached hydrogens (tertiary/aromatic N) is 6. The second-order valence-electron chi connectivity index (χ2n) is 8.72. The molecule has 2 amide bonds. The number of para-hydroxylation sites is 1. The summed E-state index contributed by atoms with van der Waals surface area (Å²) in [4.78, 5) is 30.7. The van der Waals surface area contributed by atoms with Gasteiger partial charge in [-0.1, -0.05) is 6.07 Å². The number of ether oxygens (including phenoxy) is 1. The first-order valence-electron chi connectivity index (χ1n) is 10.5. The highest BCUT2D eigenvalue weighted by molar-refractivity contribution is 6.60. The third-order valence-corrected chi connectivity index (χ3v) is 4.94. The molecule has 11 nitrogen and oxygen atoms in total. The Morgan fingerprint density at radius 1 is 1.21 bits per heavy atom. The summed E-state index contributed by atoms with van der Waals surface area (Å²) >= 11 is 0. The molecular weight excluding hydrogens is 421 g/mol. The smallest absolute Gasteiger partial charge is 0.272 e. The van der Waals surface area contributed by atoms with Crippen molar-refractivity contribution in [3.05, 3.63) is 36.3 Å². The molecule has 4 rings (SSSR count). The van der Waals surface area contributed by atoms with Crippen LogP contribution in [0.2, 0.25) is 0 Å². The number of hydrogen-bond acceptors (Lipinski definition) is 8. The van der Waals surface area contributed by atoms with Gasteiger partial charge >= 0.3 is 0 Å². The molecule has 3 heterocycles. The van der Waals surface area contributed by atoms with Crippen molar-refractivity contribution in [3.63, 3.8) is 0 Å². The van der Waals surface area contributed by atoms with Gasteiger partial charge in [0.15, 0.2) is 23.1 Å². The van der Waals surface area contributed by atoms with Gasteiger partial charge in [-0.15, -0.1) is 10.2 Å². The molecule has 3 aromatic rings. The number of aromatic nitrogens is 5. The lowest BCUT2D eigenvalue weighted by Crippen LogP contribution is -2.50. The number of anilines is 3. The fourth-order valence-electron chi connectivity index (χ4n) is 3.37. The van der Waals surface area contributed by atoms with Crippen LogP contribution in [0.3, 0.4) is 0 Å². The van der Waals surface area contributed by atoms with Crippen LogP contribution >= 0.6 is 0 Å². The number of aryl methyl sites for hydroxylation is 1. The number of rotatable bonds is 7. The number of amides is 2. The molecule has 0 saturated carbocycles. The van der Waals surface area contributed by atoms with Gasteiger partial charge in [0.05, 0.1) is 24.0 Å². The molecular formula is C19H23B3N8O3. The predicted octanol–water partition coefficient (Wildman–Crippen LogP) is -2.00. The zero-order valence-electron chi connectivity index (χ0n) is 19.2. The Balaban J connectivity index is 1.76. The minimum absolute atomic E-state index is 0.0389. The zero-order chi connectivity index (χ0) is 23.8. The normalized spacial score (nSPS) is 13.4. The van der Waals surface area contributed by atoms with Gasteiger partial charge in [0.1, 0.15) is 29.9 Å². The van der Waals surface area contributed by atoms with Crippen LogP contribution in [0.4, 0.5) is 17.2 Å². The van der Waals surface area contributed by atoms with Crippen molar-refractivity contribution in [1.29, 1.82) is 0 Å². The van der Waals surface area contributed by atoms with E-state index in [1.165, 1.54) is 4.90 Å². The summed E-state index contributed by atoms with van der Waals surface area (Å²) in [5, 5.41) is 18.3. The highest BCUT2D eigenvalue weighted by atomic mass is 16.5. The maximum absolute atomic E-state index is 13.0. The van der Waals surface area contributed by atoms with Gasteiger partial charge in [-0.3, -0.25) is 19.2 Å². The van der Waals surface area contributed by atoms with Gasteiger partial charge in [0, 0.05) is 26.1 Å². The van der Waals surface area contributed by atoms with Crippen molar-refractivity contribution >= 4 is 52.5 Å². The second kappa shape index (κ2) is 8.60. The number of methoxy groups -OCH3 is 1. The largest absolute Gasteiger partial charge is 0.494 e. The Bertz CT molecular complexity index is 1230. The number of β-lactam (4-membered cyclic amide) rings is 1. The highest BCUT2D eigenvalue weighted by Gasteiger charge is 2.29. The number of nitrogens with one attached hydrogen (secondary N) is 2. The molecule has 0 bridgehead atoms. The minimum atomic E-state index is -0.468. The molecule has 1 aromatic carbocycles. The van der Waals surface area contributed by atoms with Crippen molar-refractivity contribution in [2.75, 3.05) is 23.9 Å². The van der Waals surface area contributed by atoms with Gasteiger partial charge < -0.3 is 15.4 Å². The first-order chi connectivity index (χ1) is 15.7. The monoisotopic (exact) mass is 444 g/mol. The molecule has 1 fully saturated rings. The second-order valence-corrected chi connectivity index (χ2v) is 8.72. The number of carbonyl (C=O) groups is 2. The molecule has 1 saturated heterocycles. The number of carbonyl (C=O) groups excluding carboxylic acids is 2. The molecule has 2 N–H and O–H groups in total. The summed E-state index contributed by atoms with van der Waals surface area (Å²) in [6.07, 6.45) is 2.07. The predicted molar refractivity (Wildman–Crippen MR) is 131 cm³/mol. The fourth-order valence-corrected chi connectivity index (χ4v) is 3.37.